The van der Waals surface area contributed by atoms with E-state index in [2.05, 4.69) is 4.90 Å². The predicted octanol–water partition coefficient (Wildman–Crippen LogP) is 0.700. The van der Waals surface area contributed by atoms with Crippen molar-refractivity contribution < 1.29 is 19.4 Å². The standard InChI is InChI=1S/C16H27N3O4/c20-15(18-8-10-23-11-9-18)13-2-1-3-14(12-13)17-4-6-19(7-5-17)16(21)22/h13-14H,1-12H2,(H,21,22). The first-order valence-electron chi connectivity index (χ1n) is 8.73. The third-order valence-electron chi connectivity index (χ3n) is 5.42. The molecule has 0 aromatic carbocycles. The molecule has 7 nitrogen and oxygen atoms in total. The molecule has 7 heteroatoms. The van der Waals surface area contributed by atoms with Crippen LogP contribution in [-0.4, -0.2) is 90.3 Å². The highest BCUT2D eigenvalue weighted by molar-refractivity contribution is 5.79. The third-order valence-corrected chi connectivity index (χ3v) is 5.42. The zero-order chi connectivity index (χ0) is 16.2. The maximum absolute atomic E-state index is 12.7. The monoisotopic (exact) mass is 325 g/mol. The van der Waals surface area contributed by atoms with E-state index in [4.69, 9.17) is 9.84 Å². The second kappa shape index (κ2) is 7.49. The number of morpholine rings is 1. The van der Waals surface area contributed by atoms with Crippen molar-refractivity contribution in [1.29, 1.82) is 0 Å². The summed E-state index contributed by atoms with van der Waals surface area (Å²) in [5.74, 6) is 0.423. The van der Waals surface area contributed by atoms with Gasteiger partial charge < -0.3 is 19.6 Å². The first-order chi connectivity index (χ1) is 11.1. The SMILES string of the molecule is O=C(O)N1CCN(C2CCCC(C(=O)N3CCOCC3)C2)CC1. The lowest BCUT2D eigenvalue weighted by Crippen LogP contribution is -2.53. The summed E-state index contributed by atoms with van der Waals surface area (Å²) in [6.45, 7) is 5.47. The summed E-state index contributed by atoms with van der Waals surface area (Å²) in [7, 11) is 0. The van der Waals surface area contributed by atoms with E-state index < -0.39 is 6.09 Å². The molecule has 3 rings (SSSR count). The Morgan fingerprint density at radius 2 is 1.61 bits per heavy atom. The van der Waals surface area contributed by atoms with Gasteiger partial charge in [0.25, 0.3) is 0 Å². The number of hydrogen-bond acceptors (Lipinski definition) is 4. The van der Waals surface area contributed by atoms with E-state index in [1.54, 1.807) is 0 Å². The molecule has 1 aliphatic carbocycles. The molecule has 1 saturated carbocycles. The van der Waals surface area contributed by atoms with Gasteiger partial charge in [-0.25, -0.2) is 4.79 Å². The lowest BCUT2D eigenvalue weighted by atomic mass is 9.83. The van der Waals surface area contributed by atoms with Gasteiger partial charge in [0.2, 0.25) is 5.91 Å². The Morgan fingerprint density at radius 3 is 2.26 bits per heavy atom. The van der Waals surface area contributed by atoms with Gasteiger partial charge in [-0.2, -0.15) is 0 Å². The first-order valence-corrected chi connectivity index (χ1v) is 8.73. The molecular formula is C16H27N3O4. The molecule has 0 aromatic heterocycles. The van der Waals surface area contributed by atoms with Gasteiger partial charge in [-0.3, -0.25) is 9.69 Å². The van der Waals surface area contributed by atoms with Crippen LogP contribution in [0.5, 0.6) is 0 Å². The van der Waals surface area contributed by atoms with Crippen LogP contribution in [0.1, 0.15) is 25.7 Å². The molecular weight excluding hydrogens is 298 g/mol. The second-order valence-electron chi connectivity index (χ2n) is 6.76. The Bertz CT molecular complexity index is 431. The van der Waals surface area contributed by atoms with Crippen molar-refractivity contribution in [3.05, 3.63) is 0 Å². The van der Waals surface area contributed by atoms with E-state index in [1.165, 1.54) is 4.90 Å². The van der Waals surface area contributed by atoms with Crippen molar-refractivity contribution in [2.75, 3.05) is 52.5 Å². The van der Waals surface area contributed by atoms with Crippen molar-refractivity contribution in [3.63, 3.8) is 0 Å². The summed E-state index contributed by atoms with van der Waals surface area (Å²) in [6, 6.07) is 0.426. The molecule has 0 radical (unpaired) electrons. The summed E-state index contributed by atoms with van der Waals surface area (Å²) in [5.41, 5.74) is 0. The number of carbonyl (C=O) groups is 2. The lowest BCUT2D eigenvalue weighted by molar-refractivity contribution is -0.141. The number of piperazine rings is 1. The van der Waals surface area contributed by atoms with Crippen LogP contribution in [0.3, 0.4) is 0 Å². The molecule has 2 heterocycles. The van der Waals surface area contributed by atoms with E-state index in [-0.39, 0.29) is 5.92 Å². The first kappa shape index (κ1) is 16.5. The fraction of sp³-hybridized carbons (Fsp3) is 0.875. The Kier molecular flexibility index (Phi) is 5.38. The molecule has 2 amide bonds. The number of rotatable bonds is 2. The summed E-state index contributed by atoms with van der Waals surface area (Å²) in [4.78, 5) is 29.5. The number of nitrogens with zero attached hydrogens (tertiary/aromatic N) is 3. The number of carboxylic acid groups (broad SMARTS) is 1. The minimum Gasteiger partial charge on any atom is -0.465 e. The van der Waals surface area contributed by atoms with Gasteiger partial charge >= 0.3 is 6.09 Å². The van der Waals surface area contributed by atoms with Crippen molar-refractivity contribution in [2.45, 2.75) is 31.7 Å². The quantitative estimate of drug-likeness (QED) is 0.809. The molecule has 0 bridgehead atoms. The zero-order valence-electron chi connectivity index (χ0n) is 13.7. The molecule has 2 saturated heterocycles. The van der Waals surface area contributed by atoms with E-state index in [0.29, 0.717) is 38.3 Å². The third kappa shape index (κ3) is 3.95. The van der Waals surface area contributed by atoms with Gasteiger partial charge in [0.05, 0.1) is 13.2 Å². The molecule has 130 valence electrons. The normalized spacial score (nSPS) is 30.3. The number of carbonyl (C=O) groups excluding carboxylic acids is 1. The lowest BCUT2D eigenvalue weighted by Gasteiger charge is -2.42. The molecule has 2 aliphatic heterocycles. The molecule has 0 spiro atoms. The van der Waals surface area contributed by atoms with E-state index in [0.717, 1.165) is 51.9 Å². The van der Waals surface area contributed by atoms with Gasteiger partial charge in [0, 0.05) is 51.2 Å². The highest BCUT2D eigenvalue weighted by atomic mass is 16.5. The van der Waals surface area contributed by atoms with Gasteiger partial charge in [0.15, 0.2) is 0 Å². The van der Waals surface area contributed by atoms with E-state index in [9.17, 15) is 9.59 Å². The van der Waals surface area contributed by atoms with Crippen LogP contribution in [-0.2, 0) is 9.53 Å². The smallest absolute Gasteiger partial charge is 0.407 e. The highest BCUT2D eigenvalue weighted by Crippen LogP contribution is 2.30. The number of ether oxygens (including phenoxy) is 1. The maximum Gasteiger partial charge on any atom is 0.407 e. The van der Waals surface area contributed by atoms with Crippen LogP contribution in [0.25, 0.3) is 0 Å². The topological polar surface area (TPSA) is 73.3 Å². The molecule has 1 N–H and O–H groups in total. The van der Waals surface area contributed by atoms with Crippen molar-refractivity contribution in [2.24, 2.45) is 5.92 Å². The fourth-order valence-corrected chi connectivity index (χ4v) is 4.04. The molecule has 3 aliphatic rings. The Hall–Kier alpha value is -1.34. The largest absolute Gasteiger partial charge is 0.465 e. The summed E-state index contributed by atoms with van der Waals surface area (Å²) in [6.07, 6.45) is 3.30. The van der Waals surface area contributed by atoms with Crippen molar-refractivity contribution in [1.82, 2.24) is 14.7 Å². The minimum atomic E-state index is -0.825. The summed E-state index contributed by atoms with van der Waals surface area (Å²) < 4.78 is 5.33. The highest BCUT2D eigenvalue weighted by Gasteiger charge is 2.34. The van der Waals surface area contributed by atoms with Crippen molar-refractivity contribution >= 4 is 12.0 Å². The molecule has 23 heavy (non-hydrogen) atoms. The van der Waals surface area contributed by atoms with Crippen LogP contribution >= 0.6 is 0 Å². The van der Waals surface area contributed by atoms with Gasteiger partial charge in [-0.1, -0.05) is 6.42 Å². The van der Waals surface area contributed by atoms with Crippen LogP contribution in [0.15, 0.2) is 0 Å². The fourth-order valence-electron chi connectivity index (χ4n) is 4.04. The van der Waals surface area contributed by atoms with Crippen LogP contribution in [0.4, 0.5) is 4.79 Å². The average molecular weight is 325 g/mol. The van der Waals surface area contributed by atoms with E-state index >= 15 is 0 Å². The Labute approximate surface area is 137 Å². The van der Waals surface area contributed by atoms with Crippen molar-refractivity contribution in [3.8, 4) is 0 Å². The minimum absolute atomic E-state index is 0.129. The predicted molar refractivity (Wildman–Crippen MR) is 84.3 cm³/mol. The van der Waals surface area contributed by atoms with Crippen LogP contribution < -0.4 is 0 Å². The summed E-state index contributed by atoms with van der Waals surface area (Å²) in [5, 5.41) is 9.04. The summed E-state index contributed by atoms with van der Waals surface area (Å²) >= 11 is 0. The average Bonchev–Trinajstić information content (AvgIpc) is 2.62. The van der Waals surface area contributed by atoms with Gasteiger partial charge in [-0.15, -0.1) is 0 Å². The maximum atomic E-state index is 12.7. The van der Waals surface area contributed by atoms with Crippen LogP contribution in [0.2, 0.25) is 0 Å². The Balaban J connectivity index is 1.52. The molecule has 0 aromatic rings. The van der Waals surface area contributed by atoms with Gasteiger partial charge in [-0.05, 0) is 19.3 Å². The Morgan fingerprint density at radius 1 is 0.913 bits per heavy atom. The van der Waals surface area contributed by atoms with Crippen LogP contribution in [0, 0.1) is 5.92 Å². The second-order valence-corrected chi connectivity index (χ2v) is 6.76. The molecule has 2 atom stereocenters. The number of amides is 2. The zero-order valence-corrected chi connectivity index (χ0v) is 13.7. The van der Waals surface area contributed by atoms with E-state index in [1.807, 2.05) is 4.90 Å². The number of hydrogen-bond donors (Lipinski definition) is 1. The van der Waals surface area contributed by atoms with Gasteiger partial charge in [0.1, 0.15) is 0 Å². The molecule has 3 fully saturated rings. The molecule has 2 unspecified atom stereocenters.